The van der Waals surface area contributed by atoms with E-state index >= 15 is 0 Å². The molecular weight excluding hydrogens is 283 g/mol. The van der Waals surface area contributed by atoms with Gasteiger partial charge in [0.15, 0.2) is 0 Å². The van der Waals surface area contributed by atoms with Crippen molar-refractivity contribution >= 4 is 44.5 Å². The highest BCUT2D eigenvalue weighted by atomic mass is 79.9. The summed E-state index contributed by atoms with van der Waals surface area (Å²) in [6, 6.07) is 1.66. The molecule has 0 unspecified atom stereocenters. The van der Waals surface area contributed by atoms with Crippen LogP contribution < -0.4 is 0 Å². The van der Waals surface area contributed by atoms with E-state index in [2.05, 4.69) is 30.6 Å². The summed E-state index contributed by atoms with van der Waals surface area (Å²) in [7, 11) is 1.31. The maximum atomic E-state index is 11.4. The molecule has 0 atom stereocenters. The Hall–Kier alpha value is -1.07. The van der Waals surface area contributed by atoms with Crippen LogP contribution in [-0.4, -0.2) is 23.0 Å². The summed E-state index contributed by atoms with van der Waals surface area (Å²) in [5.41, 5.74) is 0.864. The van der Waals surface area contributed by atoms with Gasteiger partial charge in [0, 0.05) is 6.20 Å². The van der Waals surface area contributed by atoms with E-state index in [1.54, 1.807) is 12.3 Å². The number of nitrogens with one attached hydrogen (secondary N) is 1. The molecule has 0 aliphatic carbocycles. The molecule has 0 bridgehead atoms. The van der Waals surface area contributed by atoms with Crippen LogP contribution in [-0.2, 0) is 4.74 Å². The molecule has 0 saturated heterocycles. The van der Waals surface area contributed by atoms with Gasteiger partial charge in [0.25, 0.3) is 0 Å². The van der Waals surface area contributed by atoms with Crippen molar-refractivity contribution in [2.75, 3.05) is 7.11 Å². The SMILES string of the molecule is COC(=O)c1[nH]c2nccc(Cl)c2c1Br. The summed E-state index contributed by atoms with van der Waals surface area (Å²) in [6.07, 6.45) is 1.56. The smallest absolute Gasteiger partial charge is 0.355 e. The number of esters is 1. The van der Waals surface area contributed by atoms with Gasteiger partial charge >= 0.3 is 5.97 Å². The molecule has 78 valence electrons. The van der Waals surface area contributed by atoms with Crippen molar-refractivity contribution in [3.8, 4) is 0 Å². The van der Waals surface area contributed by atoms with Gasteiger partial charge in [-0.25, -0.2) is 9.78 Å². The van der Waals surface area contributed by atoms with Crippen LogP contribution >= 0.6 is 27.5 Å². The Morgan fingerprint density at radius 3 is 3.00 bits per heavy atom. The van der Waals surface area contributed by atoms with Crippen molar-refractivity contribution in [2.45, 2.75) is 0 Å². The van der Waals surface area contributed by atoms with E-state index in [0.717, 1.165) is 0 Å². The fourth-order valence-corrected chi connectivity index (χ4v) is 2.30. The number of rotatable bonds is 1. The lowest BCUT2D eigenvalue weighted by molar-refractivity contribution is 0.0594. The molecule has 0 aromatic carbocycles. The number of H-pyrrole nitrogens is 1. The van der Waals surface area contributed by atoms with Gasteiger partial charge < -0.3 is 9.72 Å². The maximum absolute atomic E-state index is 11.4. The van der Waals surface area contributed by atoms with E-state index < -0.39 is 5.97 Å². The topological polar surface area (TPSA) is 55.0 Å². The third-order valence-corrected chi connectivity index (χ3v) is 3.08. The summed E-state index contributed by atoms with van der Waals surface area (Å²) >= 11 is 9.27. The highest BCUT2D eigenvalue weighted by molar-refractivity contribution is 9.10. The standard InChI is InChI=1S/C9H6BrClN2O2/c1-15-9(14)7-6(10)5-4(11)2-3-12-8(5)13-7/h2-3H,1H3,(H,12,13). The summed E-state index contributed by atoms with van der Waals surface area (Å²) in [5.74, 6) is -0.462. The first-order valence-electron chi connectivity index (χ1n) is 4.05. The summed E-state index contributed by atoms with van der Waals surface area (Å²) in [5, 5.41) is 1.21. The van der Waals surface area contributed by atoms with Gasteiger partial charge in [0.2, 0.25) is 0 Å². The highest BCUT2D eigenvalue weighted by Crippen LogP contribution is 2.32. The second-order valence-electron chi connectivity index (χ2n) is 2.82. The number of methoxy groups -OCH3 is 1. The van der Waals surface area contributed by atoms with E-state index in [-0.39, 0.29) is 0 Å². The van der Waals surface area contributed by atoms with Crippen LogP contribution in [0.1, 0.15) is 10.5 Å². The first-order valence-corrected chi connectivity index (χ1v) is 5.22. The Morgan fingerprint density at radius 2 is 2.40 bits per heavy atom. The molecule has 4 nitrogen and oxygen atoms in total. The minimum absolute atomic E-state index is 0.313. The number of fused-ring (bicyclic) bond motifs is 1. The number of aromatic amines is 1. The second-order valence-corrected chi connectivity index (χ2v) is 4.02. The fourth-order valence-electron chi connectivity index (χ4n) is 1.28. The highest BCUT2D eigenvalue weighted by Gasteiger charge is 2.18. The number of ether oxygens (including phenoxy) is 1. The van der Waals surface area contributed by atoms with Gasteiger partial charge in [0.05, 0.1) is 22.0 Å². The first kappa shape index (κ1) is 10.4. The van der Waals surface area contributed by atoms with Gasteiger partial charge in [-0.15, -0.1) is 0 Å². The van der Waals surface area contributed by atoms with Crippen LogP contribution in [0.15, 0.2) is 16.7 Å². The van der Waals surface area contributed by atoms with Crippen molar-refractivity contribution in [1.82, 2.24) is 9.97 Å². The van der Waals surface area contributed by atoms with Crippen molar-refractivity contribution in [3.05, 3.63) is 27.5 Å². The Balaban J connectivity index is 2.75. The number of hydrogen-bond acceptors (Lipinski definition) is 3. The number of nitrogens with zero attached hydrogens (tertiary/aromatic N) is 1. The molecular formula is C9H6BrClN2O2. The summed E-state index contributed by atoms with van der Waals surface area (Å²) in [4.78, 5) is 18.3. The van der Waals surface area contributed by atoms with E-state index in [1.807, 2.05) is 0 Å². The minimum atomic E-state index is -0.462. The zero-order valence-corrected chi connectivity index (χ0v) is 10.0. The molecule has 0 amide bonds. The Bertz CT molecular complexity index is 538. The van der Waals surface area contributed by atoms with Crippen LogP contribution in [0.5, 0.6) is 0 Å². The zero-order chi connectivity index (χ0) is 11.0. The molecule has 2 aromatic rings. The predicted octanol–water partition coefficient (Wildman–Crippen LogP) is 2.77. The number of hydrogen-bond donors (Lipinski definition) is 1. The average Bonchev–Trinajstić information content (AvgIpc) is 2.56. The quantitative estimate of drug-likeness (QED) is 0.821. The molecule has 0 radical (unpaired) electrons. The lowest BCUT2D eigenvalue weighted by Crippen LogP contribution is -2.01. The van der Waals surface area contributed by atoms with Gasteiger partial charge in [-0.2, -0.15) is 0 Å². The molecule has 1 N–H and O–H groups in total. The average molecular weight is 290 g/mol. The third kappa shape index (κ3) is 1.61. The second kappa shape index (κ2) is 3.83. The van der Waals surface area contributed by atoms with E-state index in [1.165, 1.54) is 7.11 Å². The van der Waals surface area contributed by atoms with Crippen molar-refractivity contribution in [1.29, 1.82) is 0 Å². The Morgan fingerprint density at radius 1 is 1.67 bits per heavy atom. The number of aromatic nitrogens is 2. The Kier molecular flexibility index (Phi) is 2.67. The number of carbonyl (C=O) groups is 1. The predicted molar refractivity (Wildman–Crippen MR) is 60.1 cm³/mol. The van der Waals surface area contributed by atoms with Crippen molar-refractivity contribution < 1.29 is 9.53 Å². The monoisotopic (exact) mass is 288 g/mol. The summed E-state index contributed by atoms with van der Waals surface area (Å²) < 4.78 is 5.19. The molecule has 0 saturated carbocycles. The largest absolute Gasteiger partial charge is 0.464 e. The van der Waals surface area contributed by atoms with E-state index in [4.69, 9.17) is 11.6 Å². The third-order valence-electron chi connectivity index (χ3n) is 1.97. The Labute approximate surface area is 98.7 Å². The van der Waals surface area contributed by atoms with Crippen LogP contribution in [0.25, 0.3) is 11.0 Å². The molecule has 0 aliphatic rings. The fraction of sp³-hybridized carbons (Fsp3) is 0.111. The van der Waals surface area contributed by atoms with Crippen LogP contribution in [0, 0.1) is 0 Å². The molecule has 2 heterocycles. The zero-order valence-electron chi connectivity index (χ0n) is 7.67. The first-order chi connectivity index (χ1) is 7.15. The van der Waals surface area contributed by atoms with Crippen LogP contribution in [0.4, 0.5) is 0 Å². The number of halogens is 2. The van der Waals surface area contributed by atoms with Crippen LogP contribution in [0.2, 0.25) is 5.02 Å². The normalized spacial score (nSPS) is 10.6. The molecule has 15 heavy (non-hydrogen) atoms. The molecule has 0 aliphatic heterocycles. The molecule has 6 heteroatoms. The van der Waals surface area contributed by atoms with E-state index in [9.17, 15) is 4.79 Å². The molecule has 2 aromatic heterocycles. The molecule has 2 rings (SSSR count). The molecule has 0 spiro atoms. The number of carbonyl (C=O) groups excluding carboxylic acids is 1. The van der Waals surface area contributed by atoms with Crippen molar-refractivity contribution in [3.63, 3.8) is 0 Å². The lowest BCUT2D eigenvalue weighted by atomic mass is 10.3. The summed E-state index contributed by atoms with van der Waals surface area (Å²) in [6.45, 7) is 0. The van der Waals surface area contributed by atoms with Crippen molar-refractivity contribution in [2.24, 2.45) is 0 Å². The van der Waals surface area contributed by atoms with Gasteiger partial charge in [-0.05, 0) is 22.0 Å². The van der Waals surface area contributed by atoms with Crippen LogP contribution in [0.3, 0.4) is 0 Å². The van der Waals surface area contributed by atoms with Gasteiger partial charge in [0.1, 0.15) is 11.3 Å². The maximum Gasteiger partial charge on any atom is 0.355 e. The lowest BCUT2D eigenvalue weighted by Gasteiger charge is -1.95. The molecule has 0 fully saturated rings. The van der Waals surface area contributed by atoms with E-state index in [0.29, 0.717) is 26.2 Å². The van der Waals surface area contributed by atoms with Gasteiger partial charge in [-0.1, -0.05) is 11.6 Å². The minimum Gasteiger partial charge on any atom is -0.464 e. The number of pyridine rings is 1. The van der Waals surface area contributed by atoms with Gasteiger partial charge in [-0.3, -0.25) is 0 Å².